The van der Waals surface area contributed by atoms with Crippen molar-refractivity contribution >= 4 is 49.3 Å². The monoisotopic (exact) mass is 388 g/mol. The van der Waals surface area contributed by atoms with Crippen LogP contribution in [-0.4, -0.2) is 16.1 Å². The maximum Gasteiger partial charge on any atom is 0.339 e. The first-order chi connectivity index (χ1) is 8.97. The summed E-state index contributed by atoms with van der Waals surface area (Å²) in [7, 11) is 0. The highest BCUT2D eigenvalue weighted by Gasteiger charge is 2.13. The second kappa shape index (κ2) is 5.66. The fraction of sp³-hybridized carbons (Fsp3) is 0. The van der Waals surface area contributed by atoms with Gasteiger partial charge in [0.15, 0.2) is 0 Å². The summed E-state index contributed by atoms with van der Waals surface area (Å²) < 4.78 is 14.3. The number of carbonyl (C=O) groups is 1. The Morgan fingerprint density at radius 3 is 2.74 bits per heavy atom. The standard InChI is InChI=1S/C12H7Br2FN2O2/c13-6-3-8(12(18)19)11(16-5-6)17-10-4-7(15)1-2-9(10)14/h1-5H,(H,16,17)(H,18,19). The molecule has 7 heteroatoms. The van der Waals surface area contributed by atoms with E-state index in [0.29, 0.717) is 14.6 Å². The Morgan fingerprint density at radius 1 is 1.32 bits per heavy atom. The van der Waals surface area contributed by atoms with Crippen LogP contribution in [0.25, 0.3) is 0 Å². The minimum Gasteiger partial charge on any atom is -0.478 e. The molecular formula is C12H7Br2FN2O2. The number of aromatic nitrogens is 1. The van der Waals surface area contributed by atoms with E-state index < -0.39 is 11.8 Å². The SMILES string of the molecule is O=C(O)c1cc(Br)cnc1Nc1cc(F)ccc1Br. The molecule has 0 saturated heterocycles. The van der Waals surface area contributed by atoms with E-state index in [0.717, 1.165) is 0 Å². The van der Waals surface area contributed by atoms with Crippen LogP contribution in [0.5, 0.6) is 0 Å². The van der Waals surface area contributed by atoms with E-state index in [2.05, 4.69) is 42.2 Å². The van der Waals surface area contributed by atoms with Gasteiger partial charge in [0.05, 0.1) is 5.69 Å². The van der Waals surface area contributed by atoms with Crippen molar-refractivity contribution in [1.29, 1.82) is 0 Å². The number of halogens is 3. The highest BCUT2D eigenvalue weighted by Crippen LogP contribution is 2.28. The number of hydrogen-bond donors (Lipinski definition) is 2. The number of pyridine rings is 1. The number of rotatable bonds is 3. The first-order valence-corrected chi connectivity index (χ1v) is 6.67. The molecule has 1 aromatic heterocycles. The fourth-order valence-electron chi connectivity index (χ4n) is 1.42. The molecule has 0 spiro atoms. The predicted molar refractivity (Wildman–Crippen MR) is 76.3 cm³/mol. The lowest BCUT2D eigenvalue weighted by atomic mass is 10.2. The molecule has 19 heavy (non-hydrogen) atoms. The maximum absolute atomic E-state index is 13.2. The van der Waals surface area contributed by atoms with Crippen LogP contribution in [0.1, 0.15) is 10.4 Å². The van der Waals surface area contributed by atoms with Gasteiger partial charge in [0, 0.05) is 15.1 Å². The van der Waals surface area contributed by atoms with Crippen LogP contribution in [-0.2, 0) is 0 Å². The first kappa shape index (κ1) is 14.0. The average molecular weight is 390 g/mol. The van der Waals surface area contributed by atoms with Gasteiger partial charge in [0.25, 0.3) is 0 Å². The topological polar surface area (TPSA) is 62.2 Å². The number of aromatic carboxylic acids is 1. The molecule has 1 heterocycles. The third-order valence-corrected chi connectivity index (χ3v) is 3.39. The van der Waals surface area contributed by atoms with Crippen LogP contribution >= 0.6 is 31.9 Å². The summed E-state index contributed by atoms with van der Waals surface area (Å²) in [4.78, 5) is 15.1. The molecule has 0 amide bonds. The van der Waals surface area contributed by atoms with Crippen LogP contribution in [0.4, 0.5) is 15.9 Å². The minimum atomic E-state index is -1.12. The highest BCUT2D eigenvalue weighted by atomic mass is 79.9. The zero-order valence-electron chi connectivity index (χ0n) is 9.32. The van der Waals surface area contributed by atoms with Gasteiger partial charge in [0.2, 0.25) is 0 Å². The van der Waals surface area contributed by atoms with Gasteiger partial charge in [-0.3, -0.25) is 0 Å². The van der Waals surface area contributed by atoms with Crippen molar-refractivity contribution in [1.82, 2.24) is 4.98 Å². The minimum absolute atomic E-state index is 0.00876. The Labute approximate surface area is 124 Å². The number of carboxylic acids is 1. The van der Waals surface area contributed by atoms with E-state index in [9.17, 15) is 9.18 Å². The number of anilines is 2. The smallest absolute Gasteiger partial charge is 0.339 e. The summed E-state index contributed by atoms with van der Waals surface area (Å²) in [6, 6.07) is 5.49. The summed E-state index contributed by atoms with van der Waals surface area (Å²) in [6.07, 6.45) is 1.46. The van der Waals surface area contributed by atoms with Gasteiger partial charge in [-0.25, -0.2) is 14.2 Å². The quantitative estimate of drug-likeness (QED) is 0.826. The van der Waals surface area contributed by atoms with Gasteiger partial charge in [0.1, 0.15) is 17.2 Å². The van der Waals surface area contributed by atoms with Crippen LogP contribution < -0.4 is 5.32 Å². The number of hydrogen-bond acceptors (Lipinski definition) is 3. The van der Waals surface area contributed by atoms with Gasteiger partial charge in [-0.15, -0.1) is 0 Å². The van der Waals surface area contributed by atoms with Crippen LogP contribution in [0.3, 0.4) is 0 Å². The molecule has 1 aromatic carbocycles. The van der Waals surface area contributed by atoms with E-state index in [4.69, 9.17) is 5.11 Å². The molecule has 4 nitrogen and oxygen atoms in total. The normalized spacial score (nSPS) is 10.3. The molecule has 0 bridgehead atoms. The van der Waals surface area contributed by atoms with Crippen molar-refractivity contribution in [3.05, 3.63) is 50.8 Å². The van der Waals surface area contributed by atoms with E-state index in [1.54, 1.807) is 0 Å². The Hall–Kier alpha value is -1.47. The number of carboxylic acid groups (broad SMARTS) is 1. The lowest BCUT2D eigenvalue weighted by Gasteiger charge is -2.10. The largest absolute Gasteiger partial charge is 0.478 e. The molecule has 0 aliphatic carbocycles. The van der Waals surface area contributed by atoms with Crippen LogP contribution in [0.15, 0.2) is 39.4 Å². The summed E-state index contributed by atoms with van der Waals surface area (Å²) >= 11 is 6.40. The number of nitrogens with zero attached hydrogens (tertiary/aromatic N) is 1. The number of benzene rings is 1. The van der Waals surface area contributed by atoms with Crippen molar-refractivity contribution < 1.29 is 14.3 Å². The zero-order chi connectivity index (χ0) is 14.0. The summed E-state index contributed by atoms with van der Waals surface area (Å²) in [5, 5.41) is 11.9. The third-order valence-electron chi connectivity index (χ3n) is 2.27. The summed E-state index contributed by atoms with van der Waals surface area (Å²) in [6.45, 7) is 0. The van der Waals surface area contributed by atoms with Crippen molar-refractivity contribution in [3.63, 3.8) is 0 Å². The van der Waals surface area contributed by atoms with E-state index in [1.807, 2.05) is 0 Å². The summed E-state index contributed by atoms with van der Waals surface area (Å²) in [5.74, 6) is -1.41. The Bertz CT molecular complexity index is 650. The second-order valence-electron chi connectivity index (χ2n) is 3.60. The van der Waals surface area contributed by atoms with Crippen LogP contribution in [0, 0.1) is 5.82 Å². The van der Waals surface area contributed by atoms with E-state index in [1.165, 1.54) is 30.5 Å². The fourth-order valence-corrected chi connectivity index (χ4v) is 2.10. The molecular weight excluding hydrogens is 383 g/mol. The van der Waals surface area contributed by atoms with Gasteiger partial charge >= 0.3 is 5.97 Å². The first-order valence-electron chi connectivity index (χ1n) is 5.08. The zero-order valence-corrected chi connectivity index (χ0v) is 12.5. The molecule has 2 aromatic rings. The van der Waals surface area contributed by atoms with Gasteiger partial charge in [-0.05, 0) is 56.1 Å². The molecule has 0 fully saturated rings. The highest BCUT2D eigenvalue weighted by molar-refractivity contribution is 9.10. The Morgan fingerprint density at radius 2 is 2.05 bits per heavy atom. The van der Waals surface area contributed by atoms with Crippen molar-refractivity contribution in [2.24, 2.45) is 0 Å². The molecule has 0 radical (unpaired) electrons. The molecule has 0 aliphatic heterocycles. The molecule has 0 saturated carbocycles. The van der Waals surface area contributed by atoms with Crippen molar-refractivity contribution in [2.45, 2.75) is 0 Å². The molecule has 2 N–H and O–H groups in total. The van der Waals surface area contributed by atoms with Crippen molar-refractivity contribution in [3.8, 4) is 0 Å². The lowest BCUT2D eigenvalue weighted by Crippen LogP contribution is -2.05. The Kier molecular flexibility index (Phi) is 4.16. The Balaban J connectivity index is 2.43. The van der Waals surface area contributed by atoms with Gasteiger partial charge in [-0.1, -0.05) is 0 Å². The predicted octanol–water partition coefficient (Wildman–Crippen LogP) is 4.19. The second-order valence-corrected chi connectivity index (χ2v) is 5.37. The molecule has 2 rings (SSSR count). The van der Waals surface area contributed by atoms with E-state index in [-0.39, 0.29) is 11.4 Å². The van der Waals surface area contributed by atoms with E-state index >= 15 is 0 Å². The molecule has 0 atom stereocenters. The van der Waals surface area contributed by atoms with Gasteiger partial charge < -0.3 is 10.4 Å². The number of nitrogens with one attached hydrogen (secondary N) is 1. The third kappa shape index (κ3) is 3.30. The molecule has 0 aliphatic rings. The van der Waals surface area contributed by atoms with Gasteiger partial charge in [-0.2, -0.15) is 0 Å². The van der Waals surface area contributed by atoms with Crippen LogP contribution in [0.2, 0.25) is 0 Å². The lowest BCUT2D eigenvalue weighted by molar-refractivity contribution is 0.0697. The van der Waals surface area contributed by atoms with Crippen molar-refractivity contribution in [2.75, 3.05) is 5.32 Å². The molecule has 0 unspecified atom stereocenters. The maximum atomic E-state index is 13.2. The molecule has 98 valence electrons. The summed E-state index contributed by atoms with van der Waals surface area (Å²) in [5.41, 5.74) is 0.392. The average Bonchev–Trinajstić information content (AvgIpc) is 2.35.